The van der Waals surface area contributed by atoms with Crippen LogP contribution in [0.25, 0.3) is 0 Å². The van der Waals surface area contributed by atoms with Gasteiger partial charge in [0.1, 0.15) is 5.82 Å². The Morgan fingerprint density at radius 2 is 2.17 bits per heavy atom. The smallest absolute Gasteiger partial charge is 0.143 e. The van der Waals surface area contributed by atoms with Gasteiger partial charge >= 0.3 is 0 Å². The number of aryl methyl sites for hydroxylation is 1. The number of hydrogen-bond acceptors (Lipinski definition) is 4. The molecule has 2 aromatic heterocycles. The van der Waals surface area contributed by atoms with Crippen molar-refractivity contribution < 1.29 is 0 Å². The van der Waals surface area contributed by atoms with Crippen LogP contribution in [-0.4, -0.2) is 17.0 Å². The summed E-state index contributed by atoms with van der Waals surface area (Å²) in [5, 5.41) is 0. The van der Waals surface area contributed by atoms with Gasteiger partial charge < -0.3 is 10.6 Å². The lowest BCUT2D eigenvalue weighted by atomic mass is 10.3. The average molecular weight is 307 g/mol. The zero-order valence-corrected chi connectivity index (χ0v) is 12.0. The second-order valence-electron chi connectivity index (χ2n) is 4.20. The van der Waals surface area contributed by atoms with Gasteiger partial charge in [0.25, 0.3) is 0 Å². The minimum Gasteiger partial charge on any atom is -0.397 e. The van der Waals surface area contributed by atoms with Crippen LogP contribution >= 0.6 is 15.9 Å². The predicted molar refractivity (Wildman–Crippen MR) is 77.4 cm³/mol. The van der Waals surface area contributed by atoms with Crippen LogP contribution in [-0.2, 0) is 6.54 Å². The Morgan fingerprint density at radius 3 is 2.83 bits per heavy atom. The Kier molecular flexibility index (Phi) is 3.81. The van der Waals surface area contributed by atoms with Crippen molar-refractivity contribution in [3.05, 3.63) is 46.3 Å². The fraction of sp³-hybridized carbons (Fsp3) is 0.231. The fourth-order valence-corrected chi connectivity index (χ4v) is 2.40. The highest BCUT2D eigenvalue weighted by molar-refractivity contribution is 9.10. The summed E-state index contributed by atoms with van der Waals surface area (Å²) in [7, 11) is 1.98. The summed E-state index contributed by atoms with van der Waals surface area (Å²) in [5.74, 6) is 0.854. The molecule has 0 aliphatic heterocycles. The molecule has 0 amide bonds. The van der Waals surface area contributed by atoms with E-state index in [9.17, 15) is 0 Å². The third-order valence-corrected chi connectivity index (χ3v) is 3.13. The van der Waals surface area contributed by atoms with Crippen LogP contribution in [0.1, 0.15) is 11.4 Å². The molecule has 0 fully saturated rings. The fourth-order valence-electron chi connectivity index (χ4n) is 1.73. The number of rotatable bonds is 3. The van der Waals surface area contributed by atoms with Crippen LogP contribution in [0.15, 0.2) is 34.9 Å². The highest BCUT2D eigenvalue weighted by atomic mass is 79.9. The first kappa shape index (κ1) is 12.8. The molecule has 0 radical (unpaired) electrons. The van der Waals surface area contributed by atoms with Crippen molar-refractivity contribution in [1.82, 2.24) is 9.97 Å². The van der Waals surface area contributed by atoms with E-state index in [2.05, 4.69) is 25.9 Å². The molecule has 0 aliphatic rings. The molecule has 0 saturated heterocycles. The second-order valence-corrected chi connectivity index (χ2v) is 5.05. The Balaban J connectivity index is 2.19. The quantitative estimate of drug-likeness (QED) is 0.947. The summed E-state index contributed by atoms with van der Waals surface area (Å²) in [6, 6.07) is 7.86. The molecule has 2 rings (SSSR count). The molecule has 0 bridgehead atoms. The highest BCUT2D eigenvalue weighted by Gasteiger charge is 2.09. The lowest BCUT2D eigenvalue weighted by Gasteiger charge is -2.19. The lowest BCUT2D eigenvalue weighted by Crippen LogP contribution is -2.19. The number of nitrogens with two attached hydrogens (primary N) is 1. The van der Waals surface area contributed by atoms with Crippen LogP contribution in [0.2, 0.25) is 0 Å². The maximum absolute atomic E-state index is 5.68. The van der Waals surface area contributed by atoms with Crippen LogP contribution in [0, 0.1) is 6.92 Å². The molecule has 2 N–H and O–H groups in total. The zero-order chi connectivity index (χ0) is 13.1. The van der Waals surface area contributed by atoms with Gasteiger partial charge in [-0.1, -0.05) is 6.07 Å². The van der Waals surface area contributed by atoms with Crippen LogP contribution < -0.4 is 10.6 Å². The summed E-state index contributed by atoms with van der Waals surface area (Å²) in [4.78, 5) is 10.8. The number of pyridine rings is 2. The monoisotopic (exact) mass is 306 g/mol. The summed E-state index contributed by atoms with van der Waals surface area (Å²) in [6.07, 6.45) is 1.65. The molecule has 4 nitrogen and oxygen atoms in total. The van der Waals surface area contributed by atoms with Crippen molar-refractivity contribution in [2.75, 3.05) is 17.7 Å². The number of halogens is 1. The SMILES string of the molecule is Cc1cccc(CN(C)c2ncc(N)cc2Br)n1. The first-order valence-electron chi connectivity index (χ1n) is 5.61. The molecule has 0 aromatic carbocycles. The summed E-state index contributed by atoms with van der Waals surface area (Å²) in [6.45, 7) is 2.69. The van der Waals surface area contributed by atoms with Crippen molar-refractivity contribution >= 4 is 27.4 Å². The average Bonchev–Trinajstić information content (AvgIpc) is 2.28. The van der Waals surface area contributed by atoms with E-state index in [1.807, 2.05) is 43.1 Å². The molecule has 0 spiro atoms. The maximum atomic E-state index is 5.68. The van der Waals surface area contributed by atoms with Crippen LogP contribution in [0.3, 0.4) is 0 Å². The highest BCUT2D eigenvalue weighted by Crippen LogP contribution is 2.25. The zero-order valence-electron chi connectivity index (χ0n) is 10.4. The molecular formula is C13H15BrN4. The lowest BCUT2D eigenvalue weighted by molar-refractivity contribution is 0.856. The van der Waals surface area contributed by atoms with Gasteiger partial charge in [-0.05, 0) is 41.1 Å². The van der Waals surface area contributed by atoms with Gasteiger partial charge in [0.15, 0.2) is 0 Å². The van der Waals surface area contributed by atoms with Crippen LogP contribution in [0.5, 0.6) is 0 Å². The molecule has 18 heavy (non-hydrogen) atoms. The van der Waals surface area contributed by atoms with E-state index in [1.165, 1.54) is 0 Å². The molecule has 0 saturated carbocycles. The standard InChI is InChI=1S/C13H15BrN4/c1-9-4-3-5-11(17-9)8-18(2)13-12(14)6-10(15)7-16-13/h3-7H,8,15H2,1-2H3. The van der Waals surface area contributed by atoms with Gasteiger partial charge in [-0.2, -0.15) is 0 Å². The topological polar surface area (TPSA) is 55.0 Å². The van der Waals surface area contributed by atoms with E-state index in [0.29, 0.717) is 12.2 Å². The Hall–Kier alpha value is -1.62. The Morgan fingerprint density at radius 1 is 1.39 bits per heavy atom. The maximum Gasteiger partial charge on any atom is 0.143 e. The number of nitrogens with zero attached hydrogens (tertiary/aromatic N) is 3. The third kappa shape index (κ3) is 2.98. The molecule has 94 valence electrons. The van der Waals surface area contributed by atoms with E-state index in [-0.39, 0.29) is 0 Å². The van der Waals surface area contributed by atoms with Gasteiger partial charge in [-0.15, -0.1) is 0 Å². The second kappa shape index (κ2) is 5.35. The van der Waals surface area contributed by atoms with Crippen LogP contribution in [0.4, 0.5) is 11.5 Å². The van der Waals surface area contributed by atoms with Crippen molar-refractivity contribution in [2.24, 2.45) is 0 Å². The molecular weight excluding hydrogens is 292 g/mol. The van der Waals surface area contributed by atoms with Gasteiger partial charge in [0.05, 0.1) is 28.6 Å². The van der Waals surface area contributed by atoms with E-state index in [0.717, 1.165) is 21.7 Å². The van der Waals surface area contributed by atoms with Gasteiger partial charge in [0, 0.05) is 12.7 Å². The first-order valence-corrected chi connectivity index (χ1v) is 6.40. The minimum absolute atomic E-state index is 0.646. The largest absolute Gasteiger partial charge is 0.397 e. The first-order chi connectivity index (χ1) is 8.56. The number of hydrogen-bond donors (Lipinski definition) is 1. The van der Waals surface area contributed by atoms with Crippen molar-refractivity contribution in [2.45, 2.75) is 13.5 Å². The minimum atomic E-state index is 0.646. The normalized spacial score (nSPS) is 10.4. The molecule has 5 heteroatoms. The van der Waals surface area contributed by atoms with E-state index < -0.39 is 0 Å². The predicted octanol–water partition coefficient (Wildman–Crippen LogP) is 2.77. The third-order valence-electron chi connectivity index (χ3n) is 2.55. The number of aromatic nitrogens is 2. The van der Waals surface area contributed by atoms with Gasteiger partial charge in [0.2, 0.25) is 0 Å². The van der Waals surface area contributed by atoms with E-state index in [1.54, 1.807) is 6.20 Å². The van der Waals surface area contributed by atoms with E-state index >= 15 is 0 Å². The van der Waals surface area contributed by atoms with Gasteiger partial charge in [-0.3, -0.25) is 4.98 Å². The number of anilines is 2. The molecule has 0 atom stereocenters. The Labute approximate surface area is 115 Å². The molecule has 0 unspecified atom stereocenters. The summed E-state index contributed by atoms with van der Waals surface area (Å²) < 4.78 is 0.887. The summed E-state index contributed by atoms with van der Waals surface area (Å²) >= 11 is 3.47. The number of nitrogen functional groups attached to an aromatic ring is 1. The summed E-state index contributed by atoms with van der Waals surface area (Å²) in [5.41, 5.74) is 8.36. The van der Waals surface area contributed by atoms with E-state index in [4.69, 9.17) is 5.73 Å². The van der Waals surface area contributed by atoms with Crippen molar-refractivity contribution in [3.8, 4) is 0 Å². The van der Waals surface area contributed by atoms with Crippen molar-refractivity contribution in [1.29, 1.82) is 0 Å². The van der Waals surface area contributed by atoms with Crippen molar-refractivity contribution in [3.63, 3.8) is 0 Å². The molecule has 2 aromatic rings. The molecule has 0 aliphatic carbocycles. The Bertz CT molecular complexity index is 556. The molecule has 2 heterocycles. The van der Waals surface area contributed by atoms with Gasteiger partial charge in [-0.25, -0.2) is 4.98 Å².